The number of piperazine rings is 1. The standard InChI is InChI=1S/C17H27N3O2/c1-14(13-22-3)18-16-6-4-5-15(11-16)12-17(21)20-9-7-19(2)8-10-20/h4-6,11,14,18H,7-10,12-13H2,1-3H3. The summed E-state index contributed by atoms with van der Waals surface area (Å²) in [7, 11) is 3.79. The molecule has 0 aliphatic carbocycles. The smallest absolute Gasteiger partial charge is 0.227 e. The van der Waals surface area contributed by atoms with Crippen molar-refractivity contribution in [3.63, 3.8) is 0 Å². The summed E-state index contributed by atoms with van der Waals surface area (Å²) >= 11 is 0. The molecule has 1 fully saturated rings. The number of anilines is 1. The summed E-state index contributed by atoms with van der Waals surface area (Å²) in [6.45, 7) is 6.32. The van der Waals surface area contributed by atoms with Gasteiger partial charge < -0.3 is 19.9 Å². The molecule has 0 aromatic heterocycles. The summed E-state index contributed by atoms with van der Waals surface area (Å²) in [5.74, 6) is 0.218. The van der Waals surface area contributed by atoms with Gasteiger partial charge in [-0.15, -0.1) is 0 Å². The molecule has 1 saturated heterocycles. The van der Waals surface area contributed by atoms with Crippen molar-refractivity contribution in [2.45, 2.75) is 19.4 Å². The molecule has 122 valence electrons. The second kappa shape index (κ2) is 8.15. The number of benzene rings is 1. The van der Waals surface area contributed by atoms with Crippen LogP contribution in [0.5, 0.6) is 0 Å². The summed E-state index contributed by atoms with van der Waals surface area (Å²) < 4.78 is 5.13. The Labute approximate surface area is 133 Å². The Hall–Kier alpha value is -1.59. The molecular weight excluding hydrogens is 278 g/mol. The molecule has 1 aliphatic heterocycles. The molecule has 0 bridgehead atoms. The fourth-order valence-electron chi connectivity index (χ4n) is 2.69. The van der Waals surface area contributed by atoms with E-state index in [2.05, 4.69) is 30.3 Å². The quantitative estimate of drug-likeness (QED) is 0.864. The number of amides is 1. The SMILES string of the molecule is COCC(C)Nc1cccc(CC(=O)N2CCN(C)CC2)c1. The van der Waals surface area contributed by atoms with Crippen LogP contribution in [0.2, 0.25) is 0 Å². The molecule has 1 heterocycles. The summed E-state index contributed by atoms with van der Waals surface area (Å²) in [6.07, 6.45) is 0.470. The van der Waals surface area contributed by atoms with E-state index in [9.17, 15) is 4.79 Å². The highest BCUT2D eigenvalue weighted by Crippen LogP contribution is 2.14. The number of nitrogens with one attached hydrogen (secondary N) is 1. The predicted molar refractivity (Wildman–Crippen MR) is 89.2 cm³/mol. The Bertz CT molecular complexity index is 485. The van der Waals surface area contributed by atoms with E-state index < -0.39 is 0 Å². The van der Waals surface area contributed by atoms with E-state index in [0.29, 0.717) is 13.0 Å². The molecule has 22 heavy (non-hydrogen) atoms. The van der Waals surface area contributed by atoms with E-state index in [4.69, 9.17) is 4.74 Å². The number of likely N-dealkylation sites (N-methyl/N-ethyl adjacent to an activating group) is 1. The van der Waals surface area contributed by atoms with Gasteiger partial charge in [-0.1, -0.05) is 12.1 Å². The average molecular weight is 305 g/mol. The zero-order chi connectivity index (χ0) is 15.9. The highest BCUT2D eigenvalue weighted by atomic mass is 16.5. The van der Waals surface area contributed by atoms with Crippen molar-refractivity contribution in [2.75, 3.05) is 52.3 Å². The Kier molecular flexibility index (Phi) is 6.21. The predicted octanol–water partition coefficient (Wildman–Crippen LogP) is 1.45. The summed E-state index contributed by atoms with van der Waals surface area (Å²) in [4.78, 5) is 16.6. The molecule has 0 saturated carbocycles. The minimum absolute atomic E-state index is 0.218. The highest BCUT2D eigenvalue weighted by Gasteiger charge is 2.19. The molecule has 2 rings (SSSR count). The molecule has 1 aliphatic rings. The maximum Gasteiger partial charge on any atom is 0.227 e. The Balaban J connectivity index is 1.90. The minimum atomic E-state index is 0.218. The van der Waals surface area contributed by atoms with Crippen molar-refractivity contribution < 1.29 is 9.53 Å². The molecule has 1 amide bonds. The van der Waals surface area contributed by atoms with E-state index in [1.165, 1.54) is 0 Å². The number of carbonyl (C=O) groups excluding carboxylic acids is 1. The van der Waals surface area contributed by atoms with E-state index >= 15 is 0 Å². The van der Waals surface area contributed by atoms with Crippen LogP contribution < -0.4 is 5.32 Å². The van der Waals surface area contributed by atoms with Gasteiger partial charge in [-0.05, 0) is 31.7 Å². The average Bonchev–Trinajstić information content (AvgIpc) is 2.48. The van der Waals surface area contributed by atoms with Gasteiger partial charge in [-0.25, -0.2) is 0 Å². The second-order valence-corrected chi connectivity index (χ2v) is 6.06. The molecule has 1 aromatic carbocycles. The van der Waals surface area contributed by atoms with Crippen molar-refractivity contribution in [3.05, 3.63) is 29.8 Å². The van der Waals surface area contributed by atoms with E-state index in [-0.39, 0.29) is 11.9 Å². The first kappa shape index (κ1) is 16.8. The molecule has 0 spiro atoms. The van der Waals surface area contributed by atoms with Crippen molar-refractivity contribution in [2.24, 2.45) is 0 Å². The van der Waals surface area contributed by atoms with Crippen LogP contribution in [0.1, 0.15) is 12.5 Å². The number of ether oxygens (including phenoxy) is 1. The molecular formula is C17H27N3O2. The number of hydrogen-bond acceptors (Lipinski definition) is 4. The number of hydrogen-bond donors (Lipinski definition) is 1. The largest absolute Gasteiger partial charge is 0.383 e. The Morgan fingerprint density at radius 2 is 2.05 bits per heavy atom. The van der Waals surface area contributed by atoms with Crippen molar-refractivity contribution in [3.8, 4) is 0 Å². The van der Waals surface area contributed by atoms with Gasteiger partial charge in [0.2, 0.25) is 5.91 Å². The second-order valence-electron chi connectivity index (χ2n) is 6.06. The van der Waals surface area contributed by atoms with E-state index in [1.807, 2.05) is 23.1 Å². The fourth-order valence-corrected chi connectivity index (χ4v) is 2.69. The van der Waals surface area contributed by atoms with Crippen molar-refractivity contribution >= 4 is 11.6 Å². The zero-order valence-electron chi connectivity index (χ0n) is 13.8. The van der Waals surface area contributed by atoms with Gasteiger partial charge >= 0.3 is 0 Å². The maximum atomic E-state index is 12.4. The van der Waals surface area contributed by atoms with E-state index in [0.717, 1.165) is 37.4 Å². The number of methoxy groups -OCH3 is 1. The van der Waals surface area contributed by atoms with Crippen LogP contribution in [-0.4, -0.2) is 68.7 Å². The first-order chi connectivity index (χ1) is 10.6. The Morgan fingerprint density at radius 1 is 1.32 bits per heavy atom. The van der Waals surface area contributed by atoms with Gasteiger partial charge in [-0.2, -0.15) is 0 Å². The third-order valence-electron chi connectivity index (χ3n) is 3.97. The van der Waals surface area contributed by atoms with Crippen LogP contribution >= 0.6 is 0 Å². The van der Waals surface area contributed by atoms with Crippen molar-refractivity contribution in [1.29, 1.82) is 0 Å². The van der Waals surface area contributed by atoms with Gasteiger partial charge in [0.1, 0.15) is 0 Å². The van der Waals surface area contributed by atoms with Crippen LogP contribution in [0.15, 0.2) is 24.3 Å². The molecule has 0 radical (unpaired) electrons. The molecule has 1 aromatic rings. The molecule has 5 heteroatoms. The molecule has 1 atom stereocenters. The van der Waals surface area contributed by atoms with Gasteiger partial charge in [0, 0.05) is 45.0 Å². The first-order valence-electron chi connectivity index (χ1n) is 7.89. The number of rotatable bonds is 6. The maximum absolute atomic E-state index is 12.4. The lowest BCUT2D eigenvalue weighted by Crippen LogP contribution is -2.47. The Morgan fingerprint density at radius 3 is 2.73 bits per heavy atom. The number of nitrogens with zero attached hydrogens (tertiary/aromatic N) is 2. The lowest BCUT2D eigenvalue weighted by atomic mass is 10.1. The van der Waals surface area contributed by atoms with Crippen LogP contribution in [0.25, 0.3) is 0 Å². The topological polar surface area (TPSA) is 44.8 Å². The van der Waals surface area contributed by atoms with Gasteiger partial charge in [-0.3, -0.25) is 4.79 Å². The number of carbonyl (C=O) groups is 1. The third-order valence-corrected chi connectivity index (χ3v) is 3.97. The lowest BCUT2D eigenvalue weighted by Gasteiger charge is -2.32. The van der Waals surface area contributed by atoms with Crippen LogP contribution in [0.4, 0.5) is 5.69 Å². The molecule has 1 unspecified atom stereocenters. The third kappa shape index (κ3) is 5.00. The summed E-state index contributed by atoms with van der Waals surface area (Å²) in [5, 5.41) is 3.39. The van der Waals surface area contributed by atoms with Gasteiger partial charge in [0.25, 0.3) is 0 Å². The minimum Gasteiger partial charge on any atom is -0.383 e. The van der Waals surface area contributed by atoms with Crippen LogP contribution in [0.3, 0.4) is 0 Å². The summed E-state index contributed by atoms with van der Waals surface area (Å²) in [5.41, 5.74) is 2.09. The van der Waals surface area contributed by atoms with Crippen LogP contribution in [-0.2, 0) is 16.0 Å². The normalized spacial score (nSPS) is 17.3. The molecule has 1 N–H and O–H groups in total. The van der Waals surface area contributed by atoms with Gasteiger partial charge in [0.05, 0.1) is 13.0 Å². The lowest BCUT2D eigenvalue weighted by molar-refractivity contribution is -0.132. The molecule has 5 nitrogen and oxygen atoms in total. The first-order valence-corrected chi connectivity index (χ1v) is 7.89. The van der Waals surface area contributed by atoms with Crippen LogP contribution in [0, 0.1) is 0 Å². The monoisotopic (exact) mass is 305 g/mol. The van der Waals surface area contributed by atoms with Gasteiger partial charge in [0.15, 0.2) is 0 Å². The highest BCUT2D eigenvalue weighted by molar-refractivity contribution is 5.79. The van der Waals surface area contributed by atoms with E-state index in [1.54, 1.807) is 7.11 Å². The fraction of sp³-hybridized carbons (Fsp3) is 0.588. The van der Waals surface area contributed by atoms with Crippen molar-refractivity contribution in [1.82, 2.24) is 9.80 Å². The zero-order valence-corrected chi connectivity index (χ0v) is 13.8. The summed E-state index contributed by atoms with van der Waals surface area (Å²) in [6, 6.07) is 8.33.